The Morgan fingerprint density at radius 3 is 2.89 bits per heavy atom. The maximum absolute atomic E-state index is 12.0. The lowest BCUT2D eigenvalue weighted by Gasteiger charge is -2.04. The van der Waals surface area contributed by atoms with E-state index in [1.807, 2.05) is 26.1 Å². The van der Waals surface area contributed by atoms with Gasteiger partial charge in [-0.15, -0.1) is 0 Å². The van der Waals surface area contributed by atoms with Gasteiger partial charge in [0.25, 0.3) is 0 Å². The molecule has 4 heteroatoms. The van der Waals surface area contributed by atoms with Gasteiger partial charge in [0, 0.05) is 23.7 Å². The number of carbonyl (C=O) groups excluding carboxylic acids is 1. The van der Waals surface area contributed by atoms with Crippen LogP contribution >= 0.6 is 0 Å². The van der Waals surface area contributed by atoms with Crippen molar-refractivity contribution in [1.29, 1.82) is 0 Å². The first-order chi connectivity index (χ1) is 8.60. The van der Waals surface area contributed by atoms with Crippen molar-refractivity contribution in [2.45, 2.75) is 13.8 Å². The smallest absolute Gasteiger partial charge is 0.355 e. The Balaban J connectivity index is 2.76. The molecule has 18 heavy (non-hydrogen) atoms. The van der Waals surface area contributed by atoms with Gasteiger partial charge in [-0.25, -0.2) is 9.78 Å². The van der Waals surface area contributed by atoms with Gasteiger partial charge >= 0.3 is 5.97 Å². The van der Waals surface area contributed by atoms with Gasteiger partial charge in [0.05, 0.1) is 6.61 Å². The van der Waals surface area contributed by atoms with E-state index >= 15 is 0 Å². The van der Waals surface area contributed by atoms with E-state index < -0.39 is 0 Å². The van der Waals surface area contributed by atoms with Crippen molar-refractivity contribution >= 4 is 23.1 Å². The van der Waals surface area contributed by atoms with Crippen LogP contribution in [0.1, 0.15) is 28.7 Å². The van der Waals surface area contributed by atoms with E-state index in [4.69, 9.17) is 4.74 Å². The molecule has 0 fully saturated rings. The van der Waals surface area contributed by atoms with Crippen LogP contribution in [-0.2, 0) is 11.8 Å². The molecule has 0 aliphatic heterocycles. The van der Waals surface area contributed by atoms with Gasteiger partial charge < -0.3 is 9.30 Å². The molecule has 4 nitrogen and oxygen atoms in total. The number of aryl methyl sites for hydroxylation is 2. The molecule has 0 saturated carbocycles. The number of ether oxygens (including phenoxy) is 1. The monoisotopic (exact) mass is 244 g/mol. The Bertz CT molecular complexity index is 626. The van der Waals surface area contributed by atoms with Gasteiger partial charge in [0.15, 0.2) is 0 Å². The molecule has 0 amide bonds. The van der Waals surface area contributed by atoms with Gasteiger partial charge in [0.2, 0.25) is 0 Å². The van der Waals surface area contributed by atoms with E-state index in [1.54, 1.807) is 17.6 Å². The lowest BCUT2D eigenvalue weighted by Crippen LogP contribution is -2.11. The number of pyridine rings is 1. The Hall–Kier alpha value is -2.10. The predicted molar refractivity (Wildman–Crippen MR) is 71.5 cm³/mol. The fourth-order valence-electron chi connectivity index (χ4n) is 2.08. The predicted octanol–water partition coefficient (Wildman–Crippen LogP) is 2.70. The van der Waals surface area contributed by atoms with Crippen LogP contribution in [0.25, 0.3) is 17.1 Å². The molecular formula is C14H16N2O2. The maximum Gasteiger partial charge on any atom is 0.355 e. The van der Waals surface area contributed by atoms with Crippen molar-refractivity contribution in [1.82, 2.24) is 9.55 Å². The first-order valence-electron chi connectivity index (χ1n) is 5.85. The van der Waals surface area contributed by atoms with Crippen molar-refractivity contribution in [3.05, 3.63) is 35.7 Å². The molecule has 2 aromatic heterocycles. The summed E-state index contributed by atoms with van der Waals surface area (Å²) in [7, 11) is 1.81. The minimum absolute atomic E-state index is 0.342. The van der Waals surface area contributed by atoms with Crippen LogP contribution < -0.4 is 0 Å². The average molecular weight is 244 g/mol. The van der Waals surface area contributed by atoms with Crippen molar-refractivity contribution < 1.29 is 9.53 Å². The first kappa shape index (κ1) is 12.4. The van der Waals surface area contributed by atoms with E-state index in [0.29, 0.717) is 12.3 Å². The summed E-state index contributed by atoms with van der Waals surface area (Å²) in [6.07, 6.45) is 1.67. The van der Waals surface area contributed by atoms with E-state index in [9.17, 15) is 4.79 Å². The lowest BCUT2D eigenvalue weighted by molar-refractivity contribution is 0.0515. The molecule has 0 aromatic carbocycles. The van der Waals surface area contributed by atoms with Crippen LogP contribution in [0, 0.1) is 6.92 Å². The second-order valence-electron chi connectivity index (χ2n) is 4.07. The number of hydrogen-bond donors (Lipinski definition) is 0. The number of hydrogen-bond acceptors (Lipinski definition) is 3. The molecule has 2 heterocycles. The second kappa shape index (κ2) is 4.64. The Kier molecular flexibility index (Phi) is 3.19. The van der Waals surface area contributed by atoms with E-state index in [2.05, 4.69) is 11.6 Å². The molecule has 0 aliphatic rings. The number of esters is 1. The van der Waals surface area contributed by atoms with E-state index in [-0.39, 0.29) is 5.97 Å². The lowest BCUT2D eigenvalue weighted by atomic mass is 10.1. The van der Waals surface area contributed by atoms with Gasteiger partial charge in [0.1, 0.15) is 11.3 Å². The fraction of sp³-hybridized carbons (Fsp3) is 0.286. The standard InChI is InChI=1S/C14H16N2O2/c1-5-10-11-8-7-9(3)15-13(11)16(4)12(10)14(17)18-6-2/h5,7-8H,1,6H2,2-4H3. The zero-order valence-corrected chi connectivity index (χ0v) is 10.9. The molecule has 0 spiro atoms. The Morgan fingerprint density at radius 1 is 1.56 bits per heavy atom. The Labute approximate surface area is 106 Å². The van der Waals surface area contributed by atoms with Crippen LogP contribution in [0.4, 0.5) is 0 Å². The first-order valence-corrected chi connectivity index (χ1v) is 5.85. The van der Waals surface area contributed by atoms with Crippen molar-refractivity contribution in [2.75, 3.05) is 6.61 Å². The third-order valence-electron chi connectivity index (χ3n) is 2.89. The molecule has 2 rings (SSSR count). The van der Waals surface area contributed by atoms with Gasteiger partial charge in [-0.2, -0.15) is 0 Å². The van der Waals surface area contributed by atoms with Crippen molar-refractivity contribution in [2.24, 2.45) is 7.05 Å². The fourth-order valence-corrected chi connectivity index (χ4v) is 2.08. The van der Waals surface area contributed by atoms with Gasteiger partial charge in [-0.05, 0) is 26.0 Å². The average Bonchev–Trinajstić information content (AvgIpc) is 2.62. The normalized spacial score (nSPS) is 10.6. The third kappa shape index (κ3) is 1.79. The third-order valence-corrected chi connectivity index (χ3v) is 2.89. The summed E-state index contributed by atoms with van der Waals surface area (Å²) in [5.41, 5.74) is 2.96. The molecule has 0 bridgehead atoms. The van der Waals surface area contributed by atoms with Gasteiger partial charge in [-0.1, -0.05) is 12.7 Å². The van der Waals surface area contributed by atoms with Gasteiger partial charge in [-0.3, -0.25) is 0 Å². The quantitative estimate of drug-likeness (QED) is 0.780. The number of fused-ring (bicyclic) bond motifs is 1. The van der Waals surface area contributed by atoms with E-state index in [0.717, 1.165) is 22.3 Å². The van der Waals surface area contributed by atoms with E-state index in [1.165, 1.54) is 0 Å². The van der Waals surface area contributed by atoms with Crippen LogP contribution in [0.2, 0.25) is 0 Å². The highest BCUT2D eigenvalue weighted by Crippen LogP contribution is 2.26. The highest BCUT2D eigenvalue weighted by atomic mass is 16.5. The van der Waals surface area contributed by atoms with Crippen LogP contribution in [-0.4, -0.2) is 22.1 Å². The molecule has 0 unspecified atom stereocenters. The van der Waals surface area contributed by atoms with Crippen molar-refractivity contribution in [3.63, 3.8) is 0 Å². The zero-order valence-electron chi connectivity index (χ0n) is 10.9. The van der Waals surface area contributed by atoms with Crippen molar-refractivity contribution in [3.8, 4) is 0 Å². The molecule has 0 radical (unpaired) electrons. The summed E-state index contributed by atoms with van der Waals surface area (Å²) in [4.78, 5) is 16.4. The molecule has 94 valence electrons. The summed E-state index contributed by atoms with van der Waals surface area (Å²) in [5.74, 6) is -0.342. The minimum Gasteiger partial charge on any atom is -0.461 e. The number of nitrogens with zero attached hydrogens (tertiary/aromatic N) is 2. The summed E-state index contributed by atoms with van der Waals surface area (Å²) in [6.45, 7) is 7.83. The Morgan fingerprint density at radius 2 is 2.28 bits per heavy atom. The van der Waals surface area contributed by atoms with Crippen LogP contribution in [0.5, 0.6) is 0 Å². The molecule has 0 saturated heterocycles. The zero-order chi connectivity index (χ0) is 13.3. The minimum atomic E-state index is -0.342. The summed E-state index contributed by atoms with van der Waals surface area (Å²) >= 11 is 0. The maximum atomic E-state index is 12.0. The topological polar surface area (TPSA) is 44.1 Å². The summed E-state index contributed by atoms with van der Waals surface area (Å²) < 4.78 is 6.84. The SMILES string of the molecule is C=Cc1c(C(=O)OCC)n(C)c2nc(C)ccc12. The highest BCUT2D eigenvalue weighted by Gasteiger charge is 2.20. The molecule has 2 aromatic rings. The highest BCUT2D eigenvalue weighted by molar-refractivity contribution is 6.01. The summed E-state index contributed by atoms with van der Waals surface area (Å²) in [5, 5.41) is 0.918. The summed E-state index contributed by atoms with van der Waals surface area (Å²) in [6, 6.07) is 3.88. The second-order valence-corrected chi connectivity index (χ2v) is 4.07. The van der Waals surface area contributed by atoms with Crippen LogP contribution in [0.15, 0.2) is 18.7 Å². The largest absolute Gasteiger partial charge is 0.461 e. The number of carbonyl (C=O) groups is 1. The molecule has 0 aliphatic carbocycles. The number of aromatic nitrogens is 2. The van der Waals surface area contributed by atoms with Crippen LogP contribution in [0.3, 0.4) is 0 Å². The number of rotatable bonds is 3. The molecule has 0 atom stereocenters. The molecular weight excluding hydrogens is 228 g/mol. The molecule has 0 N–H and O–H groups in total.